The first-order chi connectivity index (χ1) is 11.8. The van der Waals surface area contributed by atoms with Gasteiger partial charge < -0.3 is 10.2 Å². The largest absolute Gasteiger partial charge is 0.352 e. The van der Waals surface area contributed by atoms with Crippen molar-refractivity contribution in [3.05, 3.63) is 70.8 Å². The molecular weight excluding hydrogens is 326 g/mol. The molecule has 0 aliphatic heterocycles. The highest BCUT2D eigenvalue weighted by Crippen LogP contribution is 2.22. The van der Waals surface area contributed by atoms with Crippen LogP contribution >= 0.6 is 0 Å². The summed E-state index contributed by atoms with van der Waals surface area (Å²) in [6.07, 6.45) is 0. The van der Waals surface area contributed by atoms with Crippen molar-refractivity contribution in [2.45, 2.75) is 26.4 Å². The molecule has 0 bridgehead atoms. The molecule has 0 heterocycles. The topological polar surface area (TPSA) is 49.4 Å². The molecule has 0 saturated heterocycles. The molecule has 1 unspecified atom stereocenters. The Hall–Kier alpha value is -2.76. The molecule has 0 spiro atoms. The van der Waals surface area contributed by atoms with Crippen molar-refractivity contribution in [2.75, 3.05) is 7.05 Å². The fourth-order valence-electron chi connectivity index (χ4n) is 2.37. The molecule has 25 heavy (non-hydrogen) atoms. The quantitative estimate of drug-likeness (QED) is 0.902. The van der Waals surface area contributed by atoms with E-state index in [1.807, 2.05) is 0 Å². The van der Waals surface area contributed by atoms with Crippen molar-refractivity contribution in [3.63, 3.8) is 0 Å². The van der Waals surface area contributed by atoms with Crippen molar-refractivity contribution < 1.29 is 18.4 Å². The minimum atomic E-state index is -0.937. The average molecular weight is 346 g/mol. The smallest absolute Gasteiger partial charge is 0.254 e. The van der Waals surface area contributed by atoms with E-state index >= 15 is 0 Å². The first-order valence-electron chi connectivity index (χ1n) is 7.85. The number of nitrogens with one attached hydrogen (secondary N) is 1. The molecule has 0 fully saturated rings. The van der Waals surface area contributed by atoms with Crippen LogP contribution in [0.3, 0.4) is 0 Å². The molecule has 0 saturated carbocycles. The van der Waals surface area contributed by atoms with Crippen LogP contribution in [-0.2, 0) is 11.3 Å². The second-order valence-electron chi connectivity index (χ2n) is 5.87. The zero-order chi connectivity index (χ0) is 18.6. The highest BCUT2D eigenvalue weighted by Gasteiger charge is 2.20. The van der Waals surface area contributed by atoms with Gasteiger partial charge in [-0.1, -0.05) is 18.2 Å². The molecule has 1 N–H and O–H groups in total. The first kappa shape index (κ1) is 18.6. The van der Waals surface area contributed by atoms with Gasteiger partial charge in [0.05, 0.1) is 6.04 Å². The van der Waals surface area contributed by atoms with Gasteiger partial charge in [0.2, 0.25) is 5.91 Å². The van der Waals surface area contributed by atoms with Crippen LogP contribution in [0.5, 0.6) is 0 Å². The Kier molecular flexibility index (Phi) is 5.85. The monoisotopic (exact) mass is 346 g/mol. The zero-order valence-corrected chi connectivity index (χ0v) is 14.3. The maximum absolute atomic E-state index is 13.4. The summed E-state index contributed by atoms with van der Waals surface area (Å²) >= 11 is 0. The Bertz CT molecular complexity index is 775. The van der Waals surface area contributed by atoms with Gasteiger partial charge in [-0.25, -0.2) is 8.78 Å². The summed E-state index contributed by atoms with van der Waals surface area (Å²) < 4.78 is 26.4. The van der Waals surface area contributed by atoms with Crippen LogP contribution in [-0.4, -0.2) is 23.8 Å². The molecule has 2 aromatic rings. The Morgan fingerprint density at radius 2 is 1.72 bits per heavy atom. The van der Waals surface area contributed by atoms with E-state index < -0.39 is 17.7 Å². The number of carbonyl (C=O) groups excluding carboxylic acids is 2. The van der Waals surface area contributed by atoms with E-state index in [4.69, 9.17) is 0 Å². The highest BCUT2D eigenvalue weighted by atomic mass is 19.2. The Labute approximate surface area is 145 Å². The van der Waals surface area contributed by atoms with E-state index in [0.717, 1.165) is 17.7 Å². The minimum absolute atomic E-state index is 0.125. The molecule has 1 atom stereocenters. The summed E-state index contributed by atoms with van der Waals surface area (Å²) in [5, 5.41) is 2.68. The normalized spacial score (nSPS) is 11.7. The fraction of sp³-hybridized carbons (Fsp3) is 0.263. The van der Waals surface area contributed by atoms with Crippen molar-refractivity contribution >= 4 is 11.8 Å². The third-order valence-electron chi connectivity index (χ3n) is 4.07. The number of rotatable bonds is 5. The van der Waals surface area contributed by atoms with E-state index in [-0.39, 0.29) is 11.8 Å². The molecule has 132 valence electrons. The van der Waals surface area contributed by atoms with Gasteiger partial charge in [-0.05, 0) is 42.3 Å². The third-order valence-corrected chi connectivity index (χ3v) is 4.07. The molecule has 2 amide bonds. The lowest BCUT2D eigenvalue weighted by Crippen LogP contribution is -2.29. The third kappa shape index (κ3) is 4.62. The maximum atomic E-state index is 13.4. The number of carbonyl (C=O) groups is 2. The lowest BCUT2D eigenvalue weighted by molar-refractivity contribution is -0.119. The van der Waals surface area contributed by atoms with Crippen LogP contribution in [0.25, 0.3) is 0 Å². The first-order valence-corrected chi connectivity index (χ1v) is 7.85. The van der Waals surface area contributed by atoms with E-state index in [1.54, 1.807) is 38.2 Å². The Balaban J connectivity index is 2.10. The Morgan fingerprint density at radius 1 is 1.08 bits per heavy atom. The van der Waals surface area contributed by atoms with Crippen LogP contribution in [0.2, 0.25) is 0 Å². The number of hydrogen-bond acceptors (Lipinski definition) is 2. The molecule has 0 radical (unpaired) electrons. The van der Waals surface area contributed by atoms with Crippen LogP contribution in [0.15, 0.2) is 42.5 Å². The van der Waals surface area contributed by atoms with Crippen molar-refractivity contribution in [3.8, 4) is 0 Å². The molecule has 6 heteroatoms. The fourth-order valence-corrected chi connectivity index (χ4v) is 2.37. The van der Waals surface area contributed by atoms with Crippen molar-refractivity contribution in [1.82, 2.24) is 10.2 Å². The average Bonchev–Trinajstić information content (AvgIpc) is 2.60. The van der Waals surface area contributed by atoms with Gasteiger partial charge >= 0.3 is 0 Å². The van der Waals surface area contributed by atoms with Gasteiger partial charge in [0.1, 0.15) is 0 Å². The van der Waals surface area contributed by atoms with E-state index in [0.29, 0.717) is 17.7 Å². The molecule has 4 nitrogen and oxygen atoms in total. The van der Waals surface area contributed by atoms with Crippen LogP contribution < -0.4 is 5.32 Å². The number of hydrogen-bond donors (Lipinski definition) is 1. The van der Waals surface area contributed by atoms with Crippen molar-refractivity contribution in [1.29, 1.82) is 0 Å². The number of amides is 2. The van der Waals surface area contributed by atoms with E-state index in [9.17, 15) is 18.4 Å². The predicted molar refractivity (Wildman–Crippen MR) is 90.8 cm³/mol. The molecule has 2 aromatic carbocycles. The van der Waals surface area contributed by atoms with Gasteiger partial charge in [0.25, 0.3) is 5.91 Å². The summed E-state index contributed by atoms with van der Waals surface area (Å²) in [7, 11) is 1.61. The predicted octanol–water partition coefficient (Wildman–Crippen LogP) is 3.43. The van der Waals surface area contributed by atoms with Crippen LogP contribution in [0.1, 0.15) is 41.4 Å². The second-order valence-corrected chi connectivity index (χ2v) is 5.87. The highest BCUT2D eigenvalue weighted by molar-refractivity contribution is 5.94. The molecule has 0 aliphatic rings. The maximum Gasteiger partial charge on any atom is 0.254 e. The molecule has 0 aliphatic carbocycles. The Morgan fingerprint density at radius 3 is 2.28 bits per heavy atom. The number of halogens is 2. The number of nitrogens with zero attached hydrogens (tertiary/aromatic N) is 1. The molecular formula is C19H20F2N2O2. The van der Waals surface area contributed by atoms with Gasteiger partial charge in [-0.3, -0.25) is 9.59 Å². The summed E-state index contributed by atoms with van der Waals surface area (Å²) in [4.78, 5) is 25.0. The number of benzene rings is 2. The van der Waals surface area contributed by atoms with Crippen LogP contribution in [0, 0.1) is 11.6 Å². The minimum Gasteiger partial charge on any atom is -0.352 e. The second kappa shape index (κ2) is 7.88. The lowest BCUT2D eigenvalue weighted by atomic mass is 10.1. The summed E-state index contributed by atoms with van der Waals surface area (Å²) in [6.45, 7) is 3.58. The standard InChI is InChI=1S/C19H20F2N2O2/c1-12(16-8-9-17(20)18(21)10-16)23(3)19(25)15-6-4-14(5-7-15)11-22-13(2)24/h4-10,12H,11H2,1-3H3,(H,22,24). The zero-order valence-electron chi connectivity index (χ0n) is 14.3. The van der Waals surface area contributed by atoms with Crippen molar-refractivity contribution in [2.24, 2.45) is 0 Å². The summed E-state index contributed by atoms with van der Waals surface area (Å²) in [6, 6.07) is 10.1. The molecule has 0 aromatic heterocycles. The summed E-state index contributed by atoms with van der Waals surface area (Å²) in [5.74, 6) is -2.21. The van der Waals surface area contributed by atoms with E-state index in [2.05, 4.69) is 5.32 Å². The summed E-state index contributed by atoms with van der Waals surface area (Å²) in [5.41, 5.74) is 1.86. The molecule has 2 rings (SSSR count). The van der Waals surface area contributed by atoms with Crippen LogP contribution in [0.4, 0.5) is 8.78 Å². The van der Waals surface area contributed by atoms with Gasteiger partial charge in [0.15, 0.2) is 11.6 Å². The van der Waals surface area contributed by atoms with E-state index in [1.165, 1.54) is 17.9 Å². The lowest BCUT2D eigenvalue weighted by Gasteiger charge is -2.25. The van der Waals surface area contributed by atoms with Gasteiger partial charge in [0, 0.05) is 26.1 Å². The SMILES string of the molecule is CC(=O)NCc1ccc(C(=O)N(C)C(C)c2ccc(F)c(F)c2)cc1. The van der Waals surface area contributed by atoms with Gasteiger partial charge in [-0.2, -0.15) is 0 Å². The van der Waals surface area contributed by atoms with Gasteiger partial charge in [-0.15, -0.1) is 0 Å².